The first kappa shape index (κ1) is 17.1. The highest BCUT2D eigenvalue weighted by Crippen LogP contribution is 2.22. The molecule has 0 saturated carbocycles. The fourth-order valence-electron chi connectivity index (χ4n) is 2.14. The van der Waals surface area contributed by atoms with E-state index >= 15 is 0 Å². The molecule has 1 aromatic heterocycles. The second-order valence-corrected chi connectivity index (χ2v) is 5.87. The summed E-state index contributed by atoms with van der Waals surface area (Å²) in [7, 11) is 0. The zero-order valence-electron chi connectivity index (χ0n) is 12.9. The van der Waals surface area contributed by atoms with Crippen LogP contribution in [0.25, 0.3) is 0 Å². The Balaban J connectivity index is 1.93. The van der Waals surface area contributed by atoms with E-state index in [2.05, 4.69) is 10.1 Å². The summed E-state index contributed by atoms with van der Waals surface area (Å²) in [5.41, 5.74) is 1.99. The highest BCUT2D eigenvalue weighted by Gasteiger charge is 2.15. The molecule has 0 N–H and O–H groups in total. The number of benzene rings is 2. The molecule has 4 nitrogen and oxygen atoms in total. The third kappa shape index (κ3) is 4.24. The van der Waals surface area contributed by atoms with Gasteiger partial charge in [0.2, 0.25) is 0 Å². The number of halogens is 2. The van der Waals surface area contributed by atoms with Gasteiger partial charge in [0.05, 0.1) is 16.3 Å². The SMILES string of the molecule is O=C(O/N=C(/c1ccccc1)c1ccccn1)c1ccc(Cl)cc1Cl. The summed E-state index contributed by atoms with van der Waals surface area (Å²) < 4.78 is 0. The van der Waals surface area contributed by atoms with E-state index in [1.165, 1.54) is 12.1 Å². The van der Waals surface area contributed by atoms with Gasteiger partial charge in [-0.15, -0.1) is 0 Å². The molecule has 0 spiro atoms. The van der Waals surface area contributed by atoms with Gasteiger partial charge < -0.3 is 4.84 Å². The molecular formula is C19H12Cl2N2O2. The highest BCUT2D eigenvalue weighted by molar-refractivity contribution is 6.36. The molecule has 3 rings (SSSR count). The van der Waals surface area contributed by atoms with Crippen molar-refractivity contribution in [2.24, 2.45) is 5.16 Å². The lowest BCUT2D eigenvalue weighted by molar-refractivity contribution is 0.0517. The van der Waals surface area contributed by atoms with E-state index in [9.17, 15) is 4.79 Å². The Labute approximate surface area is 154 Å². The number of hydrogen-bond donors (Lipinski definition) is 0. The third-order valence-corrected chi connectivity index (χ3v) is 3.87. The molecule has 0 unspecified atom stereocenters. The second kappa shape index (κ2) is 7.92. The fourth-order valence-corrected chi connectivity index (χ4v) is 2.62. The third-order valence-electron chi connectivity index (χ3n) is 3.33. The Morgan fingerprint density at radius 3 is 2.40 bits per heavy atom. The van der Waals surface area contributed by atoms with E-state index in [0.717, 1.165) is 5.56 Å². The summed E-state index contributed by atoms with van der Waals surface area (Å²) in [6.45, 7) is 0. The van der Waals surface area contributed by atoms with Gasteiger partial charge in [-0.25, -0.2) is 4.79 Å². The van der Waals surface area contributed by atoms with Crippen molar-refractivity contribution in [1.82, 2.24) is 4.98 Å². The first-order valence-electron chi connectivity index (χ1n) is 7.36. The zero-order chi connectivity index (χ0) is 17.6. The van der Waals surface area contributed by atoms with Gasteiger partial charge in [0.25, 0.3) is 0 Å². The van der Waals surface area contributed by atoms with Crippen molar-refractivity contribution < 1.29 is 9.63 Å². The molecule has 2 aromatic carbocycles. The van der Waals surface area contributed by atoms with Gasteiger partial charge in [-0.2, -0.15) is 0 Å². The van der Waals surface area contributed by atoms with E-state index in [4.69, 9.17) is 28.0 Å². The Kier molecular flexibility index (Phi) is 5.43. The van der Waals surface area contributed by atoms with Crippen molar-refractivity contribution >= 4 is 34.9 Å². The molecule has 25 heavy (non-hydrogen) atoms. The Bertz CT molecular complexity index is 872. The van der Waals surface area contributed by atoms with Gasteiger partial charge in [0.15, 0.2) is 0 Å². The summed E-state index contributed by atoms with van der Waals surface area (Å²) in [6.07, 6.45) is 1.64. The number of rotatable bonds is 4. The van der Waals surface area contributed by atoms with Gasteiger partial charge in [-0.1, -0.05) is 64.8 Å². The largest absolute Gasteiger partial charge is 0.367 e. The molecule has 0 atom stereocenters. The molecule has 0 bridgehead atoms. The van der Waals surface area contributed by atoms with Crippen molar-refractivity contribution in [3.05, 3.63) is 99.8 Å². The van der Waals surface area contributed by atoms with Crippen LogP contribution in [0.4, 0.5) is 0 Å². The van der Waals surface area contributed by atoms with Crippen LogP contribution in [0.2, 0.25) is 10.0 Å². The normalized spacial score (nSPS) is 11.2. The molecule has 0 aliphatic heterocycles. The summed E-state index contributed by atoms with van der Waals surface area (Å²) in [5.74, 6) is -0.675. The predicted octanol–water partition coefficient (Wildman–Crippen LogP) is 5.00. The van der Waals surface area contributed by atoms with E-state index in [0.29, 0.717) is 16.4 Å². The van der Waals surface area contributed by atoms with Crippen molar-refractivity contribution in [1.29, 1.82) is 0 Å². The number of carbonyl (C=O) groups is 1. The first-order chi connectivity index (χ1) is 12.1. The van der Waals surface area contributed by atoms with Crippen LogP contribution >= 0.6 is 23.2 Å². The van der Waals surface area contributed by atoms with Crippen LogP contribution in [0.15, 0.2) is 78.1 Å². The van der Waals surface area contributed by atoms with E-state index in [-0.39, 0.29) is 10.6 Å². The summed E-state index contributed by atoms with van der Waals surface area (Å²) in [4.78, 5) is 21.6. The van der Waals surface area contributed by atoms with Crippen molar-refractivity contribution in [3.8, 4) is 0 Å². The molecule has 124 valence electrons. The molecule has 0 aliphatic carbocycles. The lowest BCUT2D eigenvalue weighted by Gasteiger charge is -2.06. The zero-order valence-corrected chi connectivity index (χ0v) is 14.4. The number of nitrogens with zero attached hydrogens (tertiary/aromatic N) is 2. The monoisotopic (exact) mass is 370 g/mol. The Hall–Kier alpha value is -2.69. The van der Waals surface area contributed by atoms with Crippen molar-refractivity contribution in [2.45, 2.75) is 0 Å². The van der Waals surface area contributed by atoms with Gasteiger partial charge >= 0.3 is 5.97 Å². The highest BCUT2D eigenvalue weighted by atomic mass is 35.5. The minimum Gasteiger partial charge on any atom is -0.312 e. The lowest BCUT2D eigenvalue weighted by Crippen LogP contribution is -2.09. The Morgan fingerprint density at radius 1 is 0.960 bits per heavy atom. The van der Waals surface area contributed by atoms with Crippen LogP contribution in [0.3, 0.4) is 0 Å². The maximum atomic E-state index is 12.3. The standard InChI is InChI=1S/C19H12Cl2N2O2/c20-14-9-10-15(16(21)12-14)19(24)25-23-18(13-6-2-1-3-7-13)17-8-4-5-11-22-17/h1-12H/b23-18-. The van der Waals surface area contributed by atoms with E-state index in [1.54, 1.807) is 24.4 Å². The number of aromatic nitrogens is 1. The first-order valence-corrected chi connectivity index (χ1v) is 8.12. The molecule has 6 heteroatoms. The molecular weight excluding hydrogens is 359 g/mol. The molecule has 3 aromatic rings. The van der Waals surface area contributed by atoms with Crippen LogP contribution in [-0.2, 0) is 4.84 Å². The number of oxime groups is 1. The van der Waals surface area contributed by atoms with Gasteiger partial charge in [-0.3, -0.25) is 4.98 Å². The number of hydrogen-bond acceptors (Lipinski definition) is 4. The summed E-state index contributed by atoms with van der Waals surface area (Å²) in [5, 5.41) is 4.65. The maximum absolute atomic E-state index is 12.3. The topological polar surface area (TPSA) is 51.5 Å². The Morgan fingerprint density at radius 2 is 1.72 bits per heavy atom. The second-order valence-electron chi connectivity index (χ2n) is 5.02. The molecule has 1 heterocycles. The van der Waals surface area contributed by atoms with Gasteiger partial charge in [-0.05, 0) is 30.3 Å². The molecule has 0 saturated heterocycles. The molecule has 0 aliphatic rings. The molecule has 0 amide bonds. The number of pyridine rings is 1. The minimum atomic E-state index is -0.675. The fraction of sp³-hybridized carbons (Fsp3) is 0. The average molecular weight is 371 g/mol. The number of carbonyl (C=O) groups excluding carboxylic acids is 1. The van der Waals surface area contributed by atoms with Crippen LogP contribution in [0, 0.1) is 0 Å². The van der Waals surface area contributed by atoms with E-state index < -0.39 is 5.97 Å². The van der Waals surface area contributed by atoms with Crippen LogP contribution in [0.5, 0.6) is 0 Å². The average Bonchev–Trinajstić information content (AvgIpc) is 2.63. The van der Waals surface area contributed by atoms with Crippen molar-refractivity contribution in [2.75, 3.05) is 0 Å². The predicted molar refractivity (Wildman–Crippen MR) is 98.2 cm³/mol. The summed E-state index contributed by atoms with van der Waals surface area (Å²) in [6, 6.07) is 19.3. The van der Waals surface area contributed by atoms with Gasteiger partial charge in [0.1, 0.15) is 5.71 Å². The van der Waals surface area contributed by atoms with Crippen LogP contribution in [0.1, 0.15) is 21.6 Å². The molecule has 0 fully saturated rings. The van der Waals surface area contributed by atoms with Crippen LogP contribution < -0.4 is 0 Å². The quantitative estimate of drug-likeness (QED) is 0.369. The van der Waals surface area contributed by atoms with E-state index in [1.807, 2.05) is 36.4 Å². The van der Waals surface area contributed by atoms with Gasteiger partial charge in [0, 0.05) is 16.8 Å². The maximum Gasteiger partial charge on any atom is 0.367 e. The van der Waals surface area contributed by atoms with Crippen molar-refractivity contribution in [3.63, 3.8) is 0 Å². The lowest BCUT2D eigenvalue weighted by atomic mass is 10.1. The van der Waals surface area contributed by atoms with Crippen LogP contribution in [-0.4, -0.2) is 16.7 Å². The summed E-state index contributed by atoms with van der Waals surface area (Å²) >= 11 is 11.9. The molecule has 0 radical (unpaired) electrons. The smallest absolute Gasteiger partial charge is 0.312 e. The minimum absolute atomic E-state index is 0.184.